The van der Waals surface area contributed by atoms with Gasteiger partial charge in [-0.15, -0.1) is 11.3 Å². The van der Waals surface area contributed by atoms with Gasteiger partial charge in [-0.25, -0.2) is 4.98 Å². The van der Waals surface area contributed by atoms with Crippen LogP contribution in [-0.4, -0.2) is 18.6 Å². The maximum atomic E-state index is 5.02. The summed E-state index contributed by atoms with van der Waals surface area (Å²) in [6.07, 6.45) is 5.30. The SMILES string of the molecule is C/C=C/CCNCc1csc(COC)n1. The van der Waals surface area contributed by atoms with Crippen molar-refractivity contribution in [2.24, 2.45) is 0 Å². The van der Waals surface area contributed by atoms with Crippen molar-refractivity contribution in [2.45, 2.75) is 26.5 Å². The summed E-state index contributed by atoms with van der Waals surface area (Å²) >= 11 is 1.65. The van der Waals surface area contributed by atoms with Crippen LogP contribution in [0.4, 0.5) is 0 Å². The molecule has 0 fully saturated rings. The fraction of sp³-hybridized carbons (Fsp3) is 0.545. The molecule has 0 aliphatic rings. The Labute approximate surface area is 95.2 Å². The molecule has 15 heavy (non-hydrogen) atoms. The van der Waals surface area contributed by atoms with Gasteiger partial charge in [-0.05, 0) is 19.9 Å². The minimum atomic E-state index is 0.614. The average molecular weight is 226 g/mol. The molecule has 84 valence electrons. The standard InChI is InChI=1S/C11H18N2OS/c1-3-4-5-6-12-7-10-9-15-11(13-10)8-14-2/h3-4,9,12H,5-8H2,1-2H3/b4-3+. The van der Waals surface area contributed by atoms with E-state index in [2.05, 4.69) is 27.8 Å². The van der Waals surface area contributed by atoms with E-state index in [4.69, 9.17) is 4.74 Å². The molecule has 1 rings (SSSR count). The molecular formula is C11H18N2OS. The first kappa shape index (κ1) is 12.4. The normalized spacial score (nSPS) is 11.3. The summed E-state index contributed by atoms with van der Waals surface area (Å²) in [5.41, 5.74) is 1.10. The van der Waals surface area contributed by atoms with Crippen LogP contribution in [-0.2, 0) is 17.9 Å². The topological polar surface area (TPSA) is 34.1 Å². The Morgan fingerprint density at radius 3 is 3.20 bits per heavy atom. The van der Waals surface area contributed by atoms with Crippen LogP contribution in [0, 0.1) is 0 Å². The monoisotopic (exact) mass is 226 g/mol. The minimum Gasteiger partial charge on any atom is -0.378 e. The number of hydrogen-bond acceptors (Lipinski definition) is 4. The van der Waals surface area contributed by atoms with Gasteiger partial charge in [0.15, 0.2) is 0 Å². The number of allylic oxidation sites excluding steroid dienone is 1. The van der Waals surface area contributed by atoms with Crippen LogP contribution < -0.4 is 5.32 Å². The first-order chi connectivity index (χ1) is 7.36. The van der Waals surface area contributed by atoms with E-state index in [9.17, 15) is 0 Å². The van der Waals surface area contributed by atoms with E-state index in [-0.39, 0.29) is 0 Å². The van der Waals surface area contributed by atoms with E-state index < -0.39 is 0 Å². The van der Waals surface area contributed by atoms with E-state index in [1.807, 2.05) is 6.92 Å². The van der Waals surface area contributed by atoms with Gasteiger partial charge in [0.25, 0.3) is 0 Å². The molecule has 0 aliphatic heterocycles. The highest BCUT2D eigenvalue weighted by Crippen LogP contribution is 2.10. The zero-order chi connectivity index (χ0) is 10.9. The van der Waals surface area contributed by atoms with Gasteiger partial charge in [0.1, 0.15) is 5.01 Å². The maximum Gasteiger partial charge on any atom is 0.119 e. The van der Waals surface area contributed by atoms with Gasteiger partial charge in [0, 0.05) is 19.0 Å². The second-order valence-corrected chi connectivity index (χ2v) is 4.14. The maximum absolute atomic E-state index is 5.02. The van der Waals surface area contributed by atoms with Crippen molar-refractivity contribution in [1.29, 1.82) is 0 Å². The highest BCUT2D eigenvalue weighted by Gasteiger charge is 2.00. The first-order valence-electron chi connectivity index (χ1n) is 5.11. The summed E-state index contributed by atoms with van der Waals surface area (Å²) in [6, 6.07) is 0. The molecule has 1 aromatic heterocycles. The first-order valence-corrected chi connectivity index (χ1v) is 5.99. The number of thiazole rings is 1. The molecule has 0 aliphatic carbocycles. The second-order valence-electron chi connectivity index (χ2n) is 3.20. The van der Waals surface area contributed by atoms with Gasteiger partial charge >= 0.3 is 0 Å². The Kier molecular flexibility index (Phi) is 6.23. The molecule has 0 amide bonds. The molecule has 1 N–H and O–H groups in total. The third-order valence-electron chi connectivity index (χ3n) is 1.90. The Balaban J connectivity index is 2.19. The third-order valence-corrected chi connectivity index (χ3v) is 2.77. The van der Waals surface area contributed by atoms with Crippen LogP contribution in [0.15, 0.2) is 17.5 Å². The highest BCUT2D eigenvalue weighted by atomic mass is 32.1. The van der Waals surface area contributed by atoms with E-state index in [0.29, 0.717) is 6.61 Å². The van der Waals surface area contributed by atoms with Gasteiger partial charge in [-0.3, -0.25) is 0 Å². The van der Waals surface area contributed by atoms with Crippen LogP contribution >= 0.6 is 11.3 Å². The molecule has 1 aromatic rings. The minimum absolute atomic E-state index is 0.614. The van der Waals surface area contributed by atoms with Crippen LogP contribution in [0.1, 0.15) is 24.0 Å². The Morgan fingerprint density at radius 2 is 2.47 bits per heavy atom. The number of nitrogens with zero attached hydrogens (tertiary/aromatic N) is 1. The lowest BCUT2D eigenvalue weighted by atomic mass is 10.3. The molecule has 3 nitrogen and oxygen atoms in total. The van der Waals surface area contributed by atoms with E-state index >= 15 is 0 Å². The Bertz CT molecular complexity index is 297. The fourth-order valence-corrected chi connectivity index (χ4v) is 1.95. The van der Waals surface area contributed by atoms with Gasteiger partial charge in [-0.1, -0.05) is 12.2 Å². The van der Waals surface area contributed by atoms with Crippen molar-refractivity contribution in [1.82, 2.24) is 10.3 Å². The molecule has 0 radical (unpaired) electrons. The molecule has 1 heterocycles. The lowest BCUT2D eigenvalue weighted by molar-refractivity contribution is 0.184. The zero-order valence-electron chi connectivity index (χ0n) is 9.32. The van der Waals surface area contributed by atoms with Gasteiger partial charge in [0.05, 0.1) is 12.3 Å². The molecule has 0 spiro atoms. The molecule has 0 saturated heterocycles. The number of ether oxygens (including phenoxy) is 1. The quantitative estimate of drug-likeness (QED) is 0.572. The summed E-state index contributed by atoms with van der Waals surface area (Å²) in [7, 11) is 1.69. The molecule has 0 unspecified atom stereocenters. The molecule has 0 saturated carbocycles. The second kappa shape index (κ2) is 7.56. The number of hydrogen-bond donors (Lipinski definition) is 1. The van der Waals surface area contributed by atoms with E-state index in [0.717, 1.165) is 30.2 Å². The largest absolute Gasteiger partial charge is 0.378 e. The van der Waals surface area contributed by atoms with Crippen molar-refractivity contribution >= 4 is 11.3 Å². The smallest absolute Gasteiger partial charge is 0.119 e. The zero-order valence-corrected chi connectivity index (χ0v) is 10.1. The molecule has 0 aromatic carbocycles. The number of nitrogens with one attached hydrogen (secondary N) is 1. The fourth-order valence-electron chi connectivity index (χ4n) is 1.19. The van der Waals surface area contributed by atoms with Gasteiger partial charge < -0.3 is 10.1 Å². The number of methoxy groups -OCH3 is 1. The van der Waals surface area contributed by atoms with Crippen molar-refractivity contribution < 1.29 is 4.74 Å². The Morgan fingerprint density at radius 1 is 1.60 bits per heavy atom. The number of aromatic nitrogens is 1. The predicted octanol–water partition coefficient (Wildman–Crippen LogP) is 2.35. The predicted molar refractivity (Wildman–Crippen MR) is 64.0 cm³/mol. The third kappa shape index (κ3) is 5.06. The lowest BCUT2D eigenvalue weighted by Crippen LogP contribution is -2.14. The van der Waals surface area contributed by atoms with Crippen LogP contribution in [0.5, 0.6) is 0 Å². The van der Waals surface area contributed by atoms with Crippen molar-refractivity contribution in [3.05, 3.63) is 28.2 Å². The highest BCUT2D eigenvalue weighted by molar-refractivity contribution is 7.09. The number of rotatable bonds is 7. The van der Waals surface area contributed by atoms with Crippen LogP contribution in [0.2, 0.25) is 0 Å². The van der Waals surface area contributed by atoms with Crippen molar-refractivity contribution in [2.75, 3.05) is 13.7 Å². The van der Waals surface area contributed by atoms with Crippen molar-refractivity contribution in [3.63, 3.8) is 0 Å². The van der Waals surface area contributed by atoms with Crippen molar-refractivity contribution in [3.8, 4) is 0 Å². The summed E-state index contributed by atoms with van der Waals surface area (Å²) in [6.45, 7) is 4.50. The summed E-state index contributed by atoms with van der Waals surface area (Å²) in [5.74, 6) is 0. The van der Waals surface area contributed by atoms with E-state index in [1.165, 1.54) is 0 Å². The Hall–Kier alpha value is -0.710. The average Bonchev–Trinajstić information content (AvgIpc) is 2.66. The molecule has 0 bridgehead atoms. The molecule has 4 heteroatoms. The summed E-state index contributed by atoms with van der Waals surface area (Å²) in [5, 5.41) is 6.47. The van der Waals surface area contributed by atoms with Crippen LogP contribution in [0.3, 0.4) is 0 Å². The van der Waals surface area contributed by atoms with Crippen LogP contribution in [0.25, 0.3) is 0 Å². The summed E-state index contributed by atoms with van der Waals surface area (Å²) in [4.78, 5) is 4.43. The van der Waals surface area contributed by atoms with Gasteiger partial charge in [0.2, 0.25) is 0 Å². The lowest BCUT2D eigenvalue weighted by Gasteiger charge is -1.98. The van der Waals surface area contributed by atoms with Gasteiger partial charge in [-0.2, -0.15) is 0 Å². The molecule has 0 atom stereocenters. The summed E-state index contributed by atoms with van der Waals surface area (Å²) < 4.78 is 5.02. The van der Waals surface area contributed by atoms with E-state index in [1.54, 1.807) is 18.4 Å². The molecular weight excluding hydrogens is 208 g/mol.